The Hall–Kier alpha value is -3.18. The molecule has 5 nitrogen and oxygen atoms in total. The van der Waals surface area contributed by atoms with Gasteiger partial charge in [-0.3, -0.25) is 4.79 Å². The molecule has 0 fully saturated rings. The minimum Gasteiger partial charge on any atom is -0.330 e. The van der Waals surface area contributed by atoms with Crippen LogP contribution in [0.2, 0.25) is 0 Å². The smallest absolute Gasteiger partial charge is 0.225 e. The van der Waals surface area contributed by atoms with Gasteiger partial charge in [0.2, 0.25) is 5.91 Å². The quantitative estimate of drug-likeness (QED) is 0.602. The molecule has 0 saturated heterocycles. The van der Waals surface area contributed by atoms with Crippen molar-refractivity contribution in [2.45, 2.75) is 6.42 Å². The summed E-state index contributed by atoms with van der Waals surface area (Å²) in [5.74, 6) is -0.0864. The van der Waals surface area contributed by atoms with E-state index in [0.717, 1.165) is 22.6 Å². The zero-order valence-electron chi connectivity index (χ0n) is 13.6. The number of benzene rings is 2. The summed E-state index contributed by atoms with van der Waals surface area (Å²) in [6, 6.07) is 18.3. The Kier molecular flexibility index (Phi) is 3.91. The van der Waals surface area contributed by atoms with E-state index in [1.165, 1.54) is 10.8 Å². The van der Waals surface area contributed by atoms with Crippen LogP contribution in [0.15, 0.2) is 67.0 Å². The van der Waals surface area contributed by atoms with E-state index in [0.29, 0.717) is 13.0 Å². The number of nitrogens with one attached hydrogen (secondary N) is 1. The van der Waals surface area contributed by atoms with E-state index in [1.807, 2.05) is 41.1 Å². The van der Waals surface area contributed by atoms with Gasteiger partial charge in [-0.15, -0.1) is 0 Å². The highest BCUT2D eigenvalue weighted by atomic mass is 16.1. The topological polar surface area (TPSA) is 72.4 Å². The summed E-state index contributed by atoms with van der Waals surface area (Å²) in [5, 5.41) is 5.24. The molecular weight excluding hydrogens is 312 g/mol. The number of amides is 1. The number of aromatic nitrogens is 2. The van der Waals surface area contributed by atoms with E-state index in [2.05, 4.69) is 40.6 Å². The van der Waals surface area contributed by atoms with Gasteiger partial charge >= 0.3 is 0 Å². The number of imidazole rings is 1. The van der Waals surface area contributed by atoms with Gasteiger partial charge in [0, 0.05) is 30.9 Å². The Morgan fingerprint density at radius 1 is 1.04 bits per heavy atom. The summed E-state index contributed by atoms with van der Waals surface area (Å²) in [6.07, 6.45) is 4.14. The standard InChI is InChI=1S/C20H18N4O/c21-10-9-20(25)22-17-7-8-19-23-18(13-24(19)12-17)16-6-5-14-3-1-2-4-15(14)11-16/h1-8,11-13H,9-10,21H2,(H,22,25). The minimum atomic E-state index is -0.0864. The predicted octanol–water partition coefficient (Wildman–Crippen LogP) is 3.44. The van der Waals surface area contributed by atoms with Crippen LogP contribution in [0.25, 0.3) is 27.7 Å². The molecule has 1 amide bonds. The lowest BCUT2D eigenvalue weighted by Crippen LogP contribution is -2.16. The Morgan fingerprint density at radius 3 is 2.72 bits per heavy atom. The third kappa shape index (κ3) is 3.09. The molecule has 2 heterocycles. The molecule has 0 aliphatic carbocycles. The van der Waals surface area contributed by atoms with Crippen LogP contribution in [-0.4, -0.2) is 21.8 Å². The summed E-state index contributed by atoms with van der Waals surface area (Å²) in [7, 11) is 0. The fourth-order valence-corrected chi connectivity index (χ4v) is 2.91. The first kappa shape index (κ1) is 15.4. The molecule has 0 aliphatic heterocycles. The van der Waals surface area contributed by atoms with Gasteiger partial charge in [0.1, 0.15) is 5.65 Å². The molecule has 0 radical (unpaired) electrons. The highest BCUT2D eigenvalue weighted by Crippen LogP contribution is 2.24. The number of hydrogen-bond donors (Lipinski definition) is 2. The molecule has 0 saturated carbocycles. The second-order valence-electron chi connectivity index (χ2n) is 5.96. The van der Waals surface area contributed by atoms with Crippen molar-refractivity contribution in [2.24, 2.45) is 5.73 Å². The Morgan fingerprint density at radius 2 is 1.88 bits per heavy atom. The zero-order chi connectivity index (χ0) is 17.2. The van der Waals surface area contributed by atoms with E-state index in [9.17, 15) is 4.79 Å². The summed E-state index contributed by atoms with van der Waals surface area (Å²) >= 11 is 0. The van der Waals surface area contributed by atoms with E-state index >= 15 is 0 Å². The first-order valence-electron chi connectivity index (χ1n) is 8.21. The number of hydrogen-bond acceptors (Lipinski definition) is 3. The molecule has 2 aromatic carbocycles. The van der Waals surface area contributed by atoms with Crippen molar-refractivity contribution in [2.75, 3.05) is 11.9 Å². The molecule has 2 aromatic heterocycles. The van der Waals surface area contributed by atoms with Crippen molar-refractivity contribution in [1.82, 2.24) is 9.38 Å². The lowest BCUT2D eigenvalue weighted by atomic mass is 10.1. The predicted molar refractivity (Wildman–Crippen MR) is 100 cm³/mol. The van der Waals surface area contributed by atoms with Crippen molar-refractivity contribution in [3.63, 3.8) is 0 Å². The van der Waals surface area contributed by atoms with Gasteiger partial charge in [0.15, 0.2) is 0 Å². The molecule has 4 aromatic rings. The van der Waals surface area contributed by atoms with Crippen LogP contribution in [-0.2, 0) is 4.79 Å². The Labute approximate surface area is 145 Å². The highest BCUT2D eigenvalue weighted by Gasteiger charge is 2.07. The molecule has 5 heteroatoms. The molecule has 0 atom stereocenters. The van der Waals surface area contributed by atoms with Gasteiger partial charge in [0.05, 0.1) is 11.4 Å². The summed E-state index contributed by atoms with van der Waals surface area (Å²) in [5.41, 5.74) is 8.93. The lowest BCUT2D eigenvalue weighted by molar-refractivity contribution is -0.116. The molecule has 25 heavy (non-hydrogen) atoms. The fourth-order valence-electron chi connectivity index (χ4n) is 2.91. The number of pyridine rings is 1. The van der Waals surface area contributed by atoms with Gasteiger partial charge < -0.3 is 15.5 Å². The number of nitrogens with zero attached hydrogens (tertiary/aromatic N) is 2. The number of fused-ring (bicyclic) bond motifs is 2. The van der Waals surface area contributed by atoms with Crippen LogP contribution in [0.5, 0.6) is 0 Å². The maximum absolute atomic E-state index is 11.7. The summed E-state index contributed by atoms with van der Waals surface area (Å²) < 4.78 is 1.92. The molecule has 0 aliphatic rings. The van der Waals surface area contributed by atoms with E-state index < -0.39 is 0 Å². The molecule has 124 valence electrons. The van der Waals surface area contributed by atoms with Crippen molar-refractivity contribution < 1.29 is 4.79 Å². The van der Waals surface area contributed by atoms with Gasteiger partial charge in [-0.25, -0.2) is 4.98 Å². The molecular formula is C20H18N4O. The van der Waals surface area contributed by atoms with Gasteiger partial charge in [0.25, 0.3) is 0 Å². The SMILES string of the molecule is NCCC(=O)Nc1ccc2nc(-c3ccc4ccccc4c3)cn2c1. The molecule has 0 spiro atoms. The van der Waals surface area contributed by atoms with Crippen LogP contribution in [0.4, 0.5) is 5.69 Å². The second kappa shape index (κ2) is 6.37. The van der Waals surface area contributed by atoms with Gasteiger partial charge in [-0.05, 0) is 29.0 Å². The number of anilines is 1. The Balaban J connectivity index is 1.69. The van der Waals surface area contributed by atoms with Gasteiger partial charge in [-0.1, -0.05) is 36.4 Å². The summed E-state index contributed by atoms with van der Waals surface area (Å²) in [4.78, 5) is 16.4. The number of carbonyl (C=O) groups is 1. The van der Waals surface area contributed by atoms with Crippen molar-refractivity contribution in [3.05, 3.63) is 67.0 Å². The van der Waals surface area contributed by atoms with Crippen LogP contribution >= 0.6 is 0 Å². The minimum absolute atomic E-state index is 0.0864. The van der Waals surface area contributed by atoms with Crippen LogP contribution in [0.1, 0.15) is 6.42 Å². The van der Waals surface area contributed by atoms with Crippen LogP contribution in [0, 0.1) is 0 Å². The van der Waals surface area contributed by atoms with E-state index in [4.69, 9.17) is 5.73 Å². The number of nitrogens with two attached hydrogens (primary N) is 1. The largest absolute Gasteiger partial charge is 0.330 e. The first-order chi connectivity index (χ1) is 12.2. The maximum Gasteiger partial charge on any atom is 0.225 e. The number of carbonyl (C=O) groups excluding carboxylic acids is 1. The zero-order valence-corrected chi connectivity index (χ0v) is 13.6. The van der Waals surface area contributed by atoms with Crippen molar-refractivity contribution >= 4 is 28.0 Å². The average molecular weight is 330 g/mol. The number of rotatable bonds is 4. The van der Waals surface area contributed by atoms with Crippen LogP contribution in [0.3, 0.4) is 0 Å². The highest BCUT2D eigenvalue weighted by molar-refractivity contribution is 5.91. The third-order valence-electron chi connectivity index (χ3n) is 4.15. The summed E-state index contributed by atoms with van der Waals surface area (Å²) in [6.45, 7) is 0.339. The third-order valence-corrected chi connectivity index (χ3v) is 4.15. The average Bonchev–Trinajstić information content (AvgIpc) is 3.05. The molecule has 3 N–H and O–H groups in total. The van der Waals surface area contributed by atoms with Crippen molar-refractivity contribution in [1.29, 1.82) is 0 Å². The Bertz CT molecular complexity index is 1070. The second-order valence-corrected chi connectivity index (χ2v) is 5.96. The lowest BCUT2D eigenvalue weighted by Gasteiger charge is -2.04. The molecule has 0 unspecified atom stereocenters. The van der Waals surface area contributed by atoms with Crippen LogP contribution < -0.4 is 11.1 Å². The normalized spacial score (nSPS) is 11.1. The van der Waals surface area contributed by atoms with Gasteiger partial charge in [-0.2, -0.15) is 0 Å². The maximum atomic E-state index is 11.7. The van der Waals surface area contributed by atoms with E-state index in [1.54, 1.807) is 0 Å². The first-order valence-corrected chi connectivity index (χ1v) is 8.21. The molecule has 0 bridgehead atoms. The monoisotopic (exact) mass is 330 g/mol. The van der Waals surface area contributed by atoms with E-state index in [-0.39, 0.29) is 5.91 Å². The molecule has 4 rings (SSSR count). The van der Waals surface area contributed by atoms with Crippen molar-refractivity contribution in [3.8, 4) is 11.3 Å². The fraction of sp³-hybridized carbons (Fsp3) is 0.100.